The maximum absolute atomic E-state index is 12.0. The number of carboxylic acid groups (broad SMARTS) is 1. The zero-order valence-electron chi connectivity index (χ0n) is 12.2. The molecule has 0 aliphatic heterocycles. The van der Waals surface area contributed by atoms with Gasteiger partial charge in [0.2, 0.25) is 0 Å². The van der Waals surface area contributed by atoms with E-state index in [2.05, 4.69) is 21.2 Å². The molecule has 5 nitrogen and oxygen atoms in total. The van der Waals surface area contributed by atoms with Gasteiger partial charge in [0.1, 0.15) is 11.1 Å². The number of hydrogen-bond acceptors (Lipinski definition) is 3. The first-order chi connectivity index (χ1) is 9.63. The molecular weight excluding hydrogens is 338 g/mol. The summed E-state index contributed by atoms with van der Waals surface area (Å²) in [6.07, 6.45) is -0.233. The first-order valence-corrected chi connectivity index (χ1v) is 7.43. The molecule has 1 unspecified atom stereocenters. The Hall–Kier alpha value is -1.56. The highest BCUT2D eigenvalue weighted by molar-refractivity contribution is 9.10. The number of alkyl carbamates (subject to hydrolysis) is 1. The van der Waals surface area contributed by atoms with E-state index < -0.39 is 23.2 Å². The number of amides is 1. The molecule has 21 heavy (non-hydrogen) atoms. The third-order valence-corrected chi connectivity index (χ3v) is 4.08. The zero-order chi connectivity index (χ0) is 15.8. The van der Waals surface area contributed by atoms with Crippen molar-refractivity contribution >= 4 is 28.0 Å². The van der Waals surface area contributed by atoms with E-state index in [9.17, 15) is 14.7 Å². The Morgan fingerprint density at radius 3 is 2.52 bits per heavy atom. The third kappa shape index (κ3) is 3.37. The Bertz CT molecular complexity index is 594. The van der Waals surface area contributed by atoms with Gasteiger partial charge in [0, 0.05) is 17.3 Å². The Morgan fingerprint density at radius 1 is 1.33 bits per heavy atom. The summed E-state index contributed by atoms with van der Waals surface area (Å²) in [6.45, 7) is 5.21. The number of carbonyl (C=O) groups excluding carboxylic acids is 1. The van der Waals surface area contributed by atoms with Crippen molar-refractivity contribution in [1.29, 1.82) is 0 Å². The van der Waals surface area contributed by atoms with Gasteiger partial charge in [-0.25, -0.2) is 9.59 Å². The quantitative estimate of drug-likeness (QED) is 0.855. The Labute approximate surface area is 131 Å². The predicted molar refractivity (Wildman–Crippen MR) is 81.3 cm³/mol. The summed E-state index contributed by atoms with van der Waals surface area (Å²) in [5, 5.41) is 12.1. The number of carbonyl (C=O) groups is 2. The van der Waals surface area contributed by atoms with E-state index in [4.69, 9.17) is 4.74 Å². The first kappa shape index (κ1) is 15.8. The van der Waals surface area contributed by atoms with Crippen LogP contribution in [-0.4, -0.2) is 28.3 Å². The van der Waals surface area contributed by atoms with Crippen molar-refractivity contribution in [3.63, 3.8) is 0 Å². The molecule has 114 valence electrons. The SMILES string of the molecule is CC(C)(C)OC(=O)NC1(C(=O)O)Cc2cccc(Br)c2C1. The summed E-state index contributed by atoms with van der Waals surface area (Å²) in [6, 6.07) is 5.60. The minimum atomic E-state index is -1.35. The molecule has 2 N–H and O–H groups in total. The number of hydrogen-bond donors (Lipinski definition) is 2. The smallest absolute Gasteiger partial charge is 0.408 e. The van der Waals surface area contributed by atoms with Gasteiger partial charge < -0.3 is 15.2 Å². The van der Waals surface area contributed by atoms with Crippen molar-refractivity contribution in [3.05, 3.63) is 33.8 Å². The lowest BCUT2D eigenvalue weighted by Gasteiger charge is -2.28. The van der Waals surface area contributed by atoms with Gasteiger partial charge in [-0.3, -0.25) is 0 Å². The van der Waals surface area contributed by atoms with Gasteiger partial charge in [-0.2, -0.15) is 0 Å². The van der Waals surface area contributed by atoms with Gasteiger partial charge in [0.05, 0.1) is 0 Å². The molecule has 0 bridgehead atoms. The lowest BCUT2D eigenvalue weighted by molar-refractivity contribution is -0.144. The lowest BCUT2D eigenvalue weighted by atomic mass is 9.96. The van der Waals surface area contributed by atoms with E-state index in [0.717, 1.165) is 15.6 Å². The van der Waals surface area contributed by atoms with Crippen LogP contribution in [0, 0.1) is 0 Å². The van der Waals surface area contributed by atoms with Crippen LogP contribution < -0.4 is 5.32 Å². The number of carboxylic acids is 1. The first-order valence-electron chi connectivity index (χ1n) is 6.64. The van der Waals surface area contributed by atoms with Crippen molar-refractivity contribution < 1.29 is 19.4 Å². The fraction of sp³-hybridized carbons (Fsp3) is 0.467. The second-order valence-corrected chi connectivity index (χ2v) is 7.10. The lowest BCUT2D eigenvalue weighted by Crippen LogP contribution is -2.56. The molecule has 1 atom stereocenters. The van der Waals surface area contributed by atoms with Crippen LogP contribution in [0.25, 0.3) is 0 Å². The summed E-state index contributed by atoms with van der Waals surface area (Å²) in [7, 11) is 0. The molecule has 2 rings (SSSR count). The van der Waals surface area contributed by atoms with Crippen molar-refractivity contribution in [2.45, 2.75) is 44.8 Å². The van der Waals surface area contributed by atoms with Crippen molar-refractivity contribution in [1.82, 2.24) is 5.32 Å². The molecule has 1 aromatic rings. The van der Waals surface area contributed by atoms with Crippen LogP contribution in [0.2, 0.25) is 0 Å². The van der Waals surface area contributed by atoms with Crippen LogP contribution in [0.4, 0.5) is 4.79 Å². The normalized spacial score (nSPS) is 20.8. The molecule has 1 aliphatic carbocycles. The molecule has 1 aromatic carbocycles. The summed E-state index contributed by atoms with van der Waals surface area (Å²) < 4.78 is 6.03. The van der Waals surface area contributed by atoms with Gasteiger partial charge >= 0.3 is 12.1 Å². The van der Waals surface area contributed by atoms with Crippen LogP contribution in [0.3, 0.4) is 0 Å². The Morgan fingerprint density at radius 2 is 2.00 bits per heavy atom. The maximum atomic E-state index is 12.0. The van der Waals surface area contributed by atoms with Gasteiger partial charge in [0.25, 0.3) is 0 Å². The third-order valence-electron chi connectivity index (χ3n) is 3.34. The molecule has 0 aromatic heterocycles. The molecule has 0 saturated carbocycles. The van der Waals surface area contributed by atoms with Crippen molar-refractivity contribution in [2.24, 2.45) is 0 Å². The van der Waals surface area contributed by atoms with Gasteiger partial charge in [0.15, 0.2) is 0 Å². The summed E-state index contributed by atoms with van der Waals surface area (Å²) in [4.78, 5) is 23.7. The summed E-state index contributed by atoms with van der Waals surface area (Å²) in [5.41, 5.74) is -0.191. The number of fused-ring (bicyclic) bond motifs is 1. The molecule has 1 aliphatic rings. The summed E-state index contributed by atoms with van der Waals surface area (Å²) >= 11 is 3.43. The molecule has 0 heterocycles. The molecule has 0 spiro atoms. The fourth-order valence-corrected chi connectivity index (χ4v) is 3.00. The number of halogens is 1. The number of rotatable bonds is 2. The molecule has 0 fully saturated rings. The van der Waals surface area contributed by atoms with Crippen molar-refractivity contribution in [2.75, 3.05) is 0 Å². The highest BCUT2D eigenvalue weighted by atomic mass is 79.9. The molecule has 6 heteroatoms. The minimum absolute atomic E-state index is 0.234. The number of benzene rings is 1. The molecule has 0 saturated heterocycles. The average Bonchev–Trinajstić information content (AvgIpc) is 2.67. The number of ether oxygens (including phenoxy) is 1. The van der Waals surface area contributed by atoms with Crippen LogP contribution in [0.15, 0.2) is 22.7 Å². The van der Waals surface area contributed by atoms with E-state index in [1.54, 1.807) is 20.8 Å². The zero-order valence-corrected chi connectivity index (χ0v) is 13.8. The predicted octanol–water partition coefficient (Wildman–Crippen LogP) is 2.90. The van der Waals surface area contributed by atoms with E-state index in [1.807, 2.05) is 18.2 Å². The highest BCUT2D eigenvalue weighted by Crippen LogP contribution is 2.35. The Balaban J connectivity index is 2.24. The van der Waals surface area contributed by atoms with Crippen LogP contribution in [0.1, 0.15) is 31.9 Å². The van der Waals surface area contributed by atoms with E-state index in [-0.39, 0.29) is 12.8 Å². The maximum Gasteiger partial charge on any atom is 0.408 e. The standard InChI is InChI=1S/C15H18BrNO4/c1-14(2,3)21-13(20)17-15(12(18)19)7-9-5-4-6-11(16)10(9)8-15/h4-6H,7-8H2,1-3H3,(H,17,20)(H,18,19). The van der Waals surface area contributed by atoms with Crippen molar-refractivity contribution in [3.8, 4) is 0 Å². The fourth-order valence-electron chi connectivity index (χ4n) is 2.45. The monoisotopic (exact) mass is 355 g/mol. The van der Waals surface area contributed by atoms with Gasteiger partial charge in [-0.05, 0) is 38.0 Å². The van der Waals surface area contributed by atoms with E-state index in [1.165, 1.54) is 0 Å². The van der Waals surface area contributed by atoms with Gasteiger partial charge in [-0.15, -0.1) is 0 Å². The summed E-state index contributed by atoms with van der Waals surface area (Å²) in [5.74, 6) is -1.06. The molecular formula is C15H18BrNO4. The van der Waals surface area contributed by atoms with Crippen LogP contribution in [-0.2, 0) is 22.4 Å². The minimum Gasteiger partial charge on any atom is -0.479 e. The van der Waals surface area contributed by atoms with E-state index >= 15 is 0 Å². The van der Waals surface area contributed by atoms with E-state index in [0.29, 0.717) is 0 Å². The highest BCUT2D eigenvalue weighted by Gasteiger charge is 2.46. The van der Waals surface area contributed by atoms with Crippen LogP contribution in [0.5, 0.6) is 0 Å². The number of aliphatic carboxylic acids is 1. The average molecular weight is 356 g/mol. The second kappa shape index (κ2) is 5.33. The number of nitrogens with one attached hydrogen (secondary N) is 1. The largest absolute Gasteiger partial charge is 0.479 e. The topological polar surface area (TPSA) is 75.6 Å². The Kier molecular flexibility index (Phi) is 4.02. The van der Waals surface area contributed by atoms with Gasteiger partial charge in [-0.1, -0.05) is 28.1 Å². The second-order valence-electron chi connectivity index (χ2n) is 6.25. The molecule has 1 amide bonds. The molecule has 0 radical (unpaired) electrons. The van der Waals surface area contributed by atoms with Crippen LogP contribution >= 0.6 is 15.9 Å².